The topological polar surface area (TPSA) is 87.7 Å². The molecule has 3 N–H and O–H groups in total. The first-order chi connectivity index (χ1) is 9.75. The maximum Gasteiger partial charge on any atom is 0.411 e. The second-order valence-corrected chi connectivity index (χ2v) is 5.07. The molecule has 0 aromatic rings. The summed E-state index contributed by atoms with van der Waals surface area (Å²) in [6, 6.07) is -0.613. The molecule has 0 bridgehead atoms. The molecule has 1 rings (SSSR count). The molecule has 6 nitrogen and oxygen atoms in total. The lowest BCUT2D eigenvalue weighted by Crippen LogP contribution is -2.45. The molecular weight excluding hydrogens is 293 g/mol. The third-order valence-electron chi connectivity index (χ3n) is 3.40. The second kappa shape index (κ2) is 7.48. The molecule has 0 aromatic carbocycles. The second-order valence-electron chi connectivity index (χ2n) is 5.07. The van der Waals surface area contributed by atoms with Gasteiger partial charge < -0.3 is 20.5 Å². The molecule has 0 aromatic heterocycles. The average molecular weight is 312 g/mol. The summed E-state index contributed by atoms with van der Waals surface area (Å²) in [6.07, 6.45) is -1.75. The molecule has 0 aliphatic heterocycles. The van der Waals surface area contributed by atoms with Crippen LogP contribution < -0.4 is 10.6 Å². The number of hydrogen-bond donors (Lipinski definition) is 3. The number of amides is 2. The summed E-state index contributed by atoms with van der Waals surface area (Å²) in [5.74, 6) is -0.936. The van der Waals surface area contributed by atoms with Crippen LogP contribution in [0.3, 0.4) is 0 Å². The van der Waals surface area contributed by atoms with Crippen LogP contribution in [0.25, 0.3) is 0 Å². The van der Waals surface area contributed by atoms with Crippen LogP contribution in [0, 0.1) is 5.41 Å². The lowest BCUT2D eigenvalue weighted by Gasteiger charge is -2.24. The maximum atomic E-state index is 11.8. The molecule has 1 aliphatic rings. The SMILES string of the molecule is O=C(NCCOCC(F)(F)F)NCC1(C(=O)O)CCCC1. The number of ether oxygens (including phenoxy) is 1. The van der Waals surface area contributed by atoms with Crippen molar-refractivity contribution in [3.8, 4) is 0 Å². The van der Waals surface area contributed by atoms with Crippen LogP contribution in [-0.4, -0.2) is 49.6 Å². The van der Waals surface area contributed by atoms with Crippen molar-refractivity contribution in [3.63, 3.8) is 0 Å². The molecule has 2 amide bonds. The van der Waals surface area contributed by atoms with E-state index < -0.39 is 30.2 Å². The van der Waals surface area contributed by atoms with Gasteiger partial charge in [-0.1, -0.05) is 12.8 Å². The number of alkyl halides is 3. The molecule has 0 heterocycles. The number of aliphatic carboxylic acids is 1. The van der Waals surface area contributed by atoms with Gasteiger partial charge in [-0.15, -0.1) is 0 Å². The molecule has 1 aliphatic carbocycles. The summed E-state index contributed by atoms with van der Waals surface area (Å²) < 4.78 is 39.6. The molecule has 9 heteroatoms. The van der Waals surface area contributed by atoms with Crippen molar-refractivity contribution >= 4 is 12.0 Å². The zero-order chi connectivity index (χ0) is 15.9. The monoisotopic (exact) mass is 312 g/mol. The summed E-state index contributed by atoms with van der Waals surface area (Å²) >= 11 is 0. The predicted molar refractivity (Wildman–Crippen MR) is 66.8 cm³/mol. The number of halogens is 3. The zero-order valence-electron chi connectivity index (χ0n) is 11.5. The number of rotatable bonds is 7. The number of carboxylic acids is 1. The molecule has 0 radical (unpaired) electrons. The Morgan fingerprint density at radius 3 is 2.33 bits per heavy atom. The molecule has 1 saturated carbocycles. The van der Waals surface area contributed by atoms with Gasteiger partial charge in [0.15, 0.2) is 0 Å². The number of urea groups is 1. The van der Waals surface area contributed by atoms with Crippen LogP contribution >= 0.6 is 0 Å². The minimum absolute atomic E-state index is 0.0115. The van der Waals surface area contributed by atoms with E-state index in [-0.39, 0.29) is 19.7 Å². The molecule has 21 heavy (non-hydrogen) atoms. The Labute approximate surface area is 120 Å². The summed E-state index contributed by atoms with van der Waals surface area (Å²) in [5, 5.41) is 14.0. The van der Waals surface area contributed by atoms with Crippen molar-refractivity contribution in [2.45, 2.75) is 31.9 Å². The van der Waals surface area contributed by atoms with E-state index in [2.05, 4.69) is 15.4 Å². The zero-order valence-corrected chi connectivity index (χ0v) is 11.5. The maximum absolute atomic E-state index is 11.8. The van der Waals surface area contributed by atoms with E-state index in [0.29, 0.717) is 12.8 Å². The van der Waals surface area contributed by atoms with E-state index in [0.717, 1.165) is 12.8 Å². The first-order valence-corrected chi connectivity index (χ1v) is 6.65. The van der Waals surface area contributed by atoms with Crippen LogP contribution in [-0.2, 0) is 9.53 Å². The molecule has 0 unspecified atom stereocenters. The van der Waals surface area contributed by atoms with Crippen molar-refractivity contribution in [1.29, 1.82) is 0 Å². The fraction of sp³-hybridized carbons (Fsp3) is 0.833. The minimum Gasteiger partial charge on any atom is -0.481 e. The normalized spacial score (nSPS) is 17.5. The van der Waals surface area contributed by atoms with Gasteiger partial charge in [-0.3, -0.25) is 4.79 Å². The van der Waals surface area contributed by atoms with Gasteiger partial charge in [-0.05, 0) is 12.8 Å². The number of nitrogens with one attached hydrogen (secondary N) is 2. The Kier molecular flexibility index (Phi) is 6.25. The first kappa shape index (κ1) is 17.5. The van der Waals surface area contributed by atoms with E-state index in [4.69, 9.17) is 0 Å². The standard InChI is InChI=1S/C12H19F3N2O4/c13-12(14,15)8-21-6-5-16-10(20)17-7-11(9(18)19)3-1-2-4-11/h1-8H2,(H,18,19)(H2,16,17,20). The minimum atomic E-state index is -4.39. The highest BCUT2D eigenvalue weighted by atomic mass is 19.4. The molecule has 1 fully saturated rings. The van der Waals surface area contributed by atoms with Crippen molar-refractivity contribution in [3.05, 3.63) is 0 Å². The Morgan fingerprint density at radius 2 is 1.81 bits per heavy atom. The van der Waals surface area contributed by atoms with Crippen molar-refractivity contribution in [2.24, 2.45) is 5.41 Å². The number of carbonyl (C=O) groups excluding carboxylic acids is 1. The number of carboxylic acid groups (broad SMARTS) is 1. The van der Waals surface area contributed by atoms with Crippen LogP contribution in [0.15, 0.2) is 0 Å². The lowest BCUT2D eigenvalue weighted by molar-refractivity contribution is -0.173. The van der Waals surface area contributed by atoms with Gasteiger partial charge in [0.2, 0.25) is 0 Å². The van der Waals surface area contributed by atoms with Crippen LogP contribution in [0.2, 0.25) is 0 Å². The molecule has 122 valence electrons. The van der Waals surface area contributed by atoms with Crippen LogP contribution in [0.1, 0.15) is 25.7 Å². The highest BCUT2D eigenvalue weighted by Gasteiger charge is 2.41. The fourth-order valence-corrected chi connectivity index (χ4v) is 2.25. The first-order valence-electron chi connectivity index (χ1n) is 6.65. The van der Waals surface area contributed by atoms with Gasteiger partial charge in [0.25, 0.3) is 0 Å². The molecule has 0 atom stereocenters. The van der Waals surface area contributed by atoms with Gasteiger partial charge in [0.05, 0.1) is 12.0 Å². The Bertz CT molecular complexity index is 368. The average Bonchev–Trinajstić information content (AvgIpc) is 2.84. The van der Waals surface area contributed by atoms with Gasteiger partial charge in [-0.2, -0.15) is 13.2 Å². The van der Waals surface area contributed by atoms with Gasteiger partial charge in [-0.25, -0.2) is 4.79 Å². The summed E-state index contributed by atoms with van der Waals surface area (Å²) in [5.41, 5.74) is -0.926. The smallest absolute Gasteiger partial charge is 0.411 e. The van der Waals surface area contributed by atoms with E-state index in [9.17, 15) is 27.9 Å². The quantitative estimate of drug-likeness (QED) is 0.622. The lowest BCUT2D eigenvalue weighted by atomic mass is 9.86. The van der Waals surface area contributed by atoms with Crippen molar-refractivity contribution < 1.29 is 32.6 Å². The third kappa shape index (κ3) is 6.19. The predicted octanol–water partition coefficient (Wildman–Crippen LogP) is 1.51. The third-order valence-corrected chi connectivity index (χ3v) is 3.40. The van der Waals surface area contributed by atoms with Crippen molar-refractivity contribution in [2.75, 3.05) is 26.3 Å². The van der Waals surface area contributed by atoms with E-state index in [1.165, 1.54) is 0 Å². The van der Waals surface area contributed by atoms with Crippen LogP contribution in [0.4, 0.5) is 18.0 Å². The van der Waals surface area contributed by atoms with Crippen LogP contribution in [0.5, 0.6) is 0 Å². The molecular formula is C12H19F3N2O4. The van der Waals surface area contributed by atoms with Gasteiger partial charge in [0.1, 0.15) is 6.61 Å². The number of hydrogen-bond acceptors (Lipinski definition) is 3. The summed E-state index contributed by atoms with van der Waals surface area (Å²) in [4.78, 5) is 22.7. The van der Waals surface area contributed by atoms with Gasteiger partial charge in [0, 0.05) is 13.1 Å². The summed E-state index contributed by atoms with van der Waals surface area (Å²) in [6.45, 7) is -1.70. The summed E-state index contributed by atoms with van der Waals surface area (Å²) in [7, 11) is 0. The van der Waals surface area contributed by atoms with Crippen molar-refractivity contribution in [1.82, 2.24) is 10.6 Å². The Morgan fingerprint density at radius 1 is 1.19 bits per heavy atom. The highest BCUT2D eigenvalue weighted by Crippen LogP contribution is 2.37. The highest BCUT2D eigenvalue weighted by molar-refractivity contribution is 5.78. The molecule has 0 spiro atoms. The van der Waals surface area contributed by atoms with E-state index >= 15 is 0 Å². The Hall–Kier alpha value is -1.51. The van der Waals surface area contributed by atoms with E-state index in [1.54, 1.807) is 0 Å². The largest absolute Gasteiger partial charge is 0.481 e. The molecule has 0 saturated heterocycles. The van der Waals surface area contributed by atoms with E-state index in [1.807, 2.05) is 0 Å². The number of carbonyl (C=O) groups is 2. The fourth-order valence-electron chi connectivity index (χ4n) is 2.25. The van der Waals surface area contributed by atoms with Gasteiger partial charge >= 0.3 is 18.2 Å². The Balaban J connectivity index is 2.18.